The lowest BCUT2D eigenvalue weighted by Crippen LogP contribution is -2.20. The van der Waals surface area contributed by atoms with Gasteiger partial charge in [0, 0.05) is 6.54 Å². The molecule has 0 aliphatic carbocycles. The standard InChI is InChI=1S/C16H23ClN2/c1-6-16(4,5)10-19-14-11(2)8-7-9-13(14)18-15(19)12(3)17/h7-9,12H,6,10H2,1-5H3. The number of alkyl halides is 1. The van der Waals surface area contributed by atoms with E-state index in [9.17, 15) is 0 Å². The zero-order chi connectivity index (χ0) is 14.2. The second kappa shape index (κ2) is 5.16. The van der Waals surface area contributed by atoms with Crippen molar-refractivity contribution in [2.45, 2.75) is 53.0 Å². The highest BCUT2D eigenvalue weighted by molar-refractivity contribution is 6.20. The summed E-state index contributed by atoms with van der Waals surface area (Å²) in [5.41, 5.74) is 3.79. The van der Waals surface area contributed by atoms with Gasteiger partial charge in [-0.2, -0.15) is 0 Å². The van der Waals surface area contributed by atoms with E-state index in [4.69, 9.17) is 16.6 Å². The molecular formula is C16H23ClN2. The van der Waals surface area contributed by atoms with E-state index < -0.39 is 0 Å². The monoisotopic (exact) mass is 278 g/mol. The van der Waals surface area contributed by atoms with E-state index in [1.807, 2.05) is 6.92 Å². The fraction of sp³-hybridized carbons (Fsp3) is 0.562. The fourth-order valence-electron chi connectivity index (χ4n) is 2.39. The number of fused-ring (bicyclic) bond motifs is 1. The summed E-state index contributed by atoms with van der Waals surface area (Å²) >= 11 is 6.32. The molecule has 0 radical (unpaired) electrons. The van der Waals surface area contributed by atoms with Crippen LogP contribution in [0.3, 0.4) is 0 Å². The third kappa shape index (κ3) is 2.79. The first-order chi connectivity index (χ1) is 8.85. The first-order valence-corrected chi connectivity index (χ1v) is 7.39. The molecule has 1 atom stereocenters. The molecule has 0 spiro atoms. The first kappa shape index (κ1) is 14.4. The van der Waals surface area contributed by atoms with Crippen LogP contribution in [-0.2, 0) is 6.54 Å². The quantitative estimate of drug-likeness (QED) is 0.713. The Morgan fingerprint density at radius 3 is 2.63 bits per heavy atom. The van der Waals surface area contributed by atoms with Gasteiger partial charge in [-0.1, -0.05) is 32.9 Å². The summed E-state index contributed by atoms with van der Waals surface area (Å²) in [6.07, 6.45) is 1.13. The van der Waals surface area contributed by atoms with Crippen LogP contribution in [0.4, 0.5) is 0 Å². The minimum Gasteiger partial charge on any atom is -0.326 e. The van der Waals surface area contributed by atoms with E-state index in [0.717, 1.165) is 24.3 Å². The summed E-state index contributed by atoms with van der Waals surface area (Å²) in [5, 5.41) is -0.0699. The topological polar surface area (TPSA) is 17.8 Å². The van der Waals surface area contributed by atoms with Crippen LogP contribution in [0.5, 0.6) is 0 Å². The van der Waals surface area contributed by atoms with Crippen LogP contribution in [0.1, 0.15) is 50.9 Å². The molecule has 1 aromatic carbocycles. The number of rotatable bonds is 4. The molecule has 0 aliphatic heterocycles. The third-order valence-corrected chi connectivity index (χ3v) is 4.09. The SMILES string of the molecule is CCC(C)(C)Cn1c(C(C)Cl)nc2cccc(C)c21. The summed E-state index contributed by atoms with van der Waals surface area (Å²) in [7, 11) is 0. The molecule has 104 valence electrons. The van der Waals surface area contributed by atoms with Gasteiger partial charge in [-0.3, -0.25) is 0 Å². The molecule has 0 bridgehead atoms. The van der Waals surface area contributed by atoms with Crippen molar-refractivity contribution >= 4 is 22.6 Å². The predicted octanol–water partition coefficient (Wildman–Crippen LogP) is 5.08. The maximum absolute atomic E-state index is 6.32. The molecule has 0 N–H and O–H groups in total. The van der Waals surface area contributed by atoms with Crippen LogP contribution in [0.15, 0.2) is 18.2 Å². The lowest BCUT2D eigenvalue weighted by atomic mass is 9.90. The van der Waals surface area contributed by atoms with Crippen molar-refractivity contribution in [3.05, 3.63) is 29.6 Å². The van der Waals surface area contributed by atoms with Crippen molar-refractivity contribution in [3.63, 3.8) is 0 Å². The maximum atomic E-state index is 6.32. The van der Waals surface area contributed by atoms with Crippen molar-refractivity contribution in [3.8, 4) is 0 Å². The van der Waals surface area contributed by atoms with Crippen molar-refractivity contribution in [2.75, 3.05) is 0 Å². The molecule has 0 fully saturated rings. The van der Waals surface area contributed by atoms with Crippen LogP contribution in [-0.4, -0.2) is 9.55 Å². The zero-order valence-electron chi connectivity index (χ0n) is 12.5. The van der Waals surface area contributed by atoms with Gasteiger partial charge in [-0.05, 0) is 37.3 Å². The third-order valence-electron chi connectivity index (χ3n) is 3.90. The number of hydrogen-bond acceptors (Lipinski definition) is 1. The van der Waals surface area contributed by atoms with E-state index in [0.29, 0.717) is 0 Å². The molecule has 0 aliphatic rings. The number of imidazole rings is 1. The molecule has 0 amide bonds. The summed E-state index contributed by atoms with van der Waals surface area (Å²) in [5.74, 6) is 0.979. The summed E-state index contributed by atoms with van der Waals surface area (Å²) in [6, 6.07) is 6.27. The van der Waals surface area contributed by atoms with Gasteiger partial charge in [-0.15, -0.1) is 11.6 Å². The molecule has 2 nitrogen and oxygen atoms in total. The Bertz CT molecular complexity index is 582. The summed E-state index contributed by atoms with van der Waals surface area (Å²) < 4.78 is 2.31. The van der Waals surface area contributed by atoms with Gasteiger partial charge in [0.2, 0.25) is 0 Å². The number of aromatic nitrogens is 2. The van der Waals surface area contributed by atoms with Gasteiger partial charge in [0.15, 0.2) is 0 Å². The molecule has 0 saturated heterocycles. The van der Waals surface area contributed by atoms with Crippen molar-refractivity contribution in [1.82, 2.24) is 9.55 Å². The molecule has 0 saturated carbocycles. The van der Waals surface area contributed by atoms with E-state index in [1.54, 1.807) is 0 Å². The molecule has 1 aromatic heterocycles. The van der Waals surface area contributed by atoms with Crippen LogP contribution < -0.4 is 0 Å². The molecule has 2 aromatic rings. The molecule has 2 rings (SSSR count). The second-order valence-electron chi connectivity index (χ2n) is 6.13. The normalized spacial score (nSPS) is 14.0. The lowest BCUT2D eigenvalue weighted by molar-refractivity contribution is 0.294. The second-order valence-corrected chi connectivity index (χ2v) is 6.79. The van der Waals surface area contributed by atoms with Gasteiger partial charge in [-0.25, -0.2) is 4.98 Å². The molecule has 19 heavy (non-hydrogen) atoms. The Hall–Kier alpha value is -1.02. The highest BCUT2D eigenvalue weighted by Crippen LogP contribution is 2.31. The van der Waals surface area contributed by atoms with E-state index >= 15 is 0 Å². The van der Waals surface area contributed by atoms with E-state index in [2.05, 4.69) is 50.5 Å². The van der Waals surface area contributed by atoms with Gasteiger partial charge >= 0.3 is 0 Å². The maximum Gasteiger partial charge on any atom is 0.127 e. The Kier molecular flexibility index (Phi) is 3.91. The molecule has 1 unspecified atom stereocenters. The van der Waals surface area contributed by atoms with Crippen LogP contribution >= 0.6 is 11.6 Å². The Morgan fingerprint density at radius 2 is 2.05 bits per heavy atom. The largest absolute Gasteiger partial charge is 0.326 e. The zero-order valence-corrected chi connectivity index (χ0v) is 13.3. The predicted molar refractivity (Wildman–Crippen MR) is 82.8 cm³/mol. The number of halogens is 1. The lowest BCUT2D eigenvalue weighted by Gasteiger charge is -2.25. The number of para-hydroxylation sites is 1. The first-order valence-electron chi connectivity index (χ1n) is 6.95. The average Bonchev–Trinajstić information content (AvgIpc) is 2.69. The Labute approximate surface area is 120 Å². The number of hydrogen-bond donors (Lipinski definition) is 0. The van der Waals surface area contributed by atoms with Crippen LogP contribution in [0.2, 0.25) is 0 Å². The average molecular weight is 279 g/mol. The van der Waals surface area contributed by atoms with E-state index in [-0.39, 0.29) is 10.8 Å². The fourth-order valence-corrected chi connectivity index (χ4v) is 2.55. The highest BCUT2D eigenvalue weighted by Gasteiger charge is 2.22. The minimum absolute atomic E-state index is 0.0699. The number of benzene rings is 1. The van der Waals surface area contributed by atoms with Crippen LogP contribution in [0.25, 0.3) is 11.0 Å². The summed E-state index contributed by atoms with van der Waals surface area (Å²) in [4.78, 5) is 4.72. The Balaban J connectivity index is 2.64. The van der Waals surface area contributed by atoms with Crippen molar-refractivity contribution < 1.29 is 0 Å². The summed E-state index contributed by atoms with van der Waals surface area (Å²) in [6.45, 7) is 11.9. The van der Waals surface area contributed by atoms with E-state index in [1.165, 1.54) is 11.1 Å². The van der Waals surface area contributed by atoms with Gasteiger partial charge in [0.05, 0.1) is 16.4 Å². The van der Waals surface area contributed by atoms with Crippen molar-refractivity contribution in [1.29, 1.82) is 0 Å². The Morgan fingerprint density at radius 1 is 1.37 bits per heavy atom. The van der Waals surface area contributed by atoms with Crippen molar-refractivity contribution in [2.24, 2.45) is 5.41 Å². The smallest absolute Gasteiger partial charge is 0.127 e. The van der Waals surface area contributed by atoms with Gasteiger partial charge in [0.1, 0.15) is 5.82 Å². The number of nitrogens with zero attached hydrogens (tertiary/aromatic N) is 2. The number of aryl methyl sites for hydroxylation is 1. The minimum atomic E-state index is -0.0699. The molecule has 1 heterocycles. The van der Waals surface area contributed by atoms with Crippen LogP contribution in [0, 0.1) is 12.3 Å². The van der Waals surface area contributed by atoms with Gasteiger partial charge in [0.25, 0.3) is 0 Å². The van der Waals surface area contributed by atoms with Gasteiger partial charge < -0.3 is 4.57 Å². The molecular weight excluding hydrogens is 256 g/mol. The highest BCUT2D eigenvalue weighted by atomic mass is 35.5. The molecule has 3 heteroatoms.